The van der Waals surface area contributed by atoms with Crippen molar-refractivity contribution in [2.45, 2.75) is 18.2 Å². The molecule has 0 unspecified atom stereocenters. The Morgan fingerprint density at radius 3 is 2.00 bits per heavy atom. The highest BCUT2D eigenvalue weighted by molar-refractivity contribution is 7.90. The van der Waals surface area contributed by atoms with Gasteiger partial charge < -0.3 is 0 Å². The molecular weight excluding hydrogens is 336 g/mol. The van der Waals surface area contributed by atoms with Gasteiger partial charge in [-0.3, -0.25) is 4.90 Å². The third kappa shape index (κ3) is 5.00. The number of sulfonamides is 1. The molecule has 0 amide bonds. The molecule has 0 radical (unpaired) electrons. The Morgan fingerprint density at radius 2 is 1.52 bits per heavy atom. The molecule has 0 atom stereocenters. The summed E-state index contributed by atoms with van der Waals surface area (Å²) in [6, 6.07) is 7.00. The zero-order valence-corrected chi connectivity index (χ0v) is 15.2. The van der Waals surface area contributed by atoms with Crippen LogP contribution in [0.15, 0.2) is 29.2 Å². The quantitative estimate of drug-likeness (QED) is 0.743. The van der Waals surface area contributed by atoms with Gasteiger partial charge in [0.1, 0.15) is 9.84 Å². The number of nitrogens with zero attached hydrogens (tertiary/aromatic N) is 2. The summed E-state index contributed by atoms with van der Waals surface area (Å²) in [5, 5.41) is 0. The number of piperazine rings is 1. The lowest BCUT2D eigenvalue weighted by Crippen LogP contribution is -2.49. The fourth-order valence-corrected chi connectivity index (χ4v) is 4.55. The van der Waals surface area contributed by atoms with E-state index in [1.807, 2.05) is 24.0 Å². The topological polar surface area (TPSA) is 74.8 Å². The second kappa shape index (κ2) is 7.29. The van der Waals surface area contributed by atoms with Crippen LogP contribution in [0, 0.1) is 0 Å². The predicted octanol–water partition coefficient (Wildman–Crippen LogP) is 0.600. The first-order chi connectivity index (χ1) is 10.7. The van der Waals surface area contributed by atoms with Crippen molar-refractivity contribution in [2.24, 2.45) is 0 Å². The van der Waals surface area contributed by atoms with E-state index >= 15 is 0 Å². The maximum Gasteiger partial charge on any atom is 0.243 e. The summed E-state index contributed by atoms with van der Waals surface area (Å²) in [6.07, 6.45) is 2.09. The molecule has 0 saturated carbocycles. The molecule has 130 valence electrons. The lowest BCUT2D eigenvalue weighted by Gasteiger charge is -2.33. The molecule has 6 nitrogen and oxygen atoms in total. The van der Waals surface area contributed by atoms with Crippen molar-refractivity contribution >= 4 is 19.9 Å². The van der Waals surface area contributed by atoms with E-state index in [9.17, 15) is 16.8 Å². The molecule has 0 N–H and O–H groups in total. The molecule has 1 aromatic rings. The Balaban J connectivity index is 1.97. The van der Waals surface area contributed by atoms with E-state index < -0.39 is 19.9 Å². The van der Waals surface area contributed by atoms with E-state index in [4.69, 9.17) is 0 Å². The highest BCUT2D eigenvalue weighted by Gasteiger charge is 2.28. The Kier molecular flexibility index (Phi) is 5.83. The van der Waals surface area contributed by atoms with Crippen LogP contribution in [0.4, 0.5) is 0 Å². The van der Waals surface area contributed by atoms with Crippen molar-refractivity contribution in [3.8, 4) is 0 Å². The number of rotatable bonds is 6. The first-order valence-electron chi connectivity index (χ1n) is 7.71. The Hall–Kier alpha value is -0.960. The number of hydrogen-bond acceptors (Lipinski definition) is 5. The predicted molar refractivity (Wildman–Crippen MR) is 90.7 cm³/mol. The van der Waals surface area contributed by atoms with Gasteiger partial charge in [0.25, 0.3) is 0 Å². The van der Waals surface area contributed by atoms with Gasteiger partial charge in [-0.05, 0) is 24.1 Å². The average Bonchev–Trinajstić information content (AvgIpc) is 2.53. The van der Waals surface area contributed by atoms with Crippen molar-refractivity contribution in [1.82, 2.24) is 9.21 Å². The lowest BCUT2D eigenvalue weighted by molar-refractivity contribution is 0.197. The molecular formula is C15H24N2O4S2. The van der Waals surface area contributed by atoms with Gasteiger partial charge in [0.05, 0.1) is 10.6 Å². The van der Waals surface area contributed by atoms with Crippen LogP contribution in [0.1, 0.15) is 12.5 Å². The van der Waals surface area contributed by atoms with Crippen LogP contribution in [-0.4, -0.2) is 70.8 Å². The lowest BCUT2D eigenvalue weighted by atomic mass is 10.2. The summed E-state index contributed by atoms with van der Waals surface area (Å²) >= 11 is 0. The molecule has 1 aliphatic heterocycles. The highest BCUT2D eigenvalue weighted by atomic mass is 32.2. The van der Waals surface area contributed by atoms with Crippen LogP contribution in [0.5, 0.6) is 0 Å². The van der Waals surface area contributed by atoms with E-state index in [2.05, 4.69) is 0 Å². The van der Waals surface area contributed by atoms with Gasteiger partial charge in [-0.1, -0.05) is 19.1 Å². The summed E-state index contributed by atoms with van der Waals surface area (Å²) < 4.78 is 49.1. The number of sulfone groups is 1. The van der Waals surface area contributed by atoms with E-state index in [1.54, 1.807) is 12.1 Å². The van der Waals surface area contributed by atoms with Crippen molar-refractivity contribution in [1.29, 1.82) is 0 Å². The van der Waals surface area contributed by atoms with Crippen LogP contribution in [0.2, 0.25) is 0 Å². The summed E-state index contributed by atoms with van der Waals surface area (Å²) in [4.78, 5) is 2.31. The second-order valence-corrected chi connectivity index (χ2v) is 10.1. The molecule has 0 spiro atoms. The molecule has 1 fully saturated rings. The summed E-state index contributed by atoms with van der Waals surface area (Å²) in [7, 11) is -6.45. The molecule has 0 bridgehead atoms. The first-order valence-corrected chi connectivity index (χ1v) is 11.2. The van der Waals surface area contributed by atoms with Crippen LogP contribution < -0.4 is 0 Å². The number of hydrogen-bond donors (Lipinski definition) is 0. The van der Waals surface area contributed by atoms with Gasteiger partial charge in [0.2, 0.25) is 10.0 Å². The third-order valence-corrected chi connectivity index (χ3v) is 6.92. The molecule has 1 aliphatic rings. The van der Waals surface area contributed by atoms with Crippen molar-refractivity contribution in [2.75, 3.05) is 44.7 Å². The van der Waals surface area contributed by atoms with E-state index in [0.717, 1.165) is 12.0 Å². The van der Waals surface area contributed by atoms with Crippen molar-refractivity contribution in [3.05, 3.63) is 29.8 Å². The molecule has 0 aromatic heterocycles. The maximum atomic E-state index is 12.6. The number of aryl methyl sites for hydroxylation is 1. The Bertz CT molecular complexity index is 719. The van der Waals surface area contributed by atoms with Gasteiger partial charge in [0.15, 0.2) is 0 Å². The number of benzene rings is 1. The summed E-state index contributed by atoms with van der Waals surface area (Å²) in [5.74, 6) is 0.109. The third-order valence-electron chi connectivity index (χ3n) is 4.08. The SMILES string of the molecule is CCc1ccc(S(=O)(=O)N2CCN(CCS(C)(=O)=O)CC2)cc1. The van der Waals surface area contributed by atoms with Gasteiger partial charge in [-0.15, -0.1) is 0 Å². The highest BCUT2D eigenvalue weighted by Crippen LogP contribution is 2.18. The molecule has 0 aliphatic carbocycles. The normalized spacial score (nSPS) is 18.2. The van der Waals surface area contributed by atoms with Crippen LogP contribution in [0.25, 0.3) is 0 Å². The maximum absolute atomic E-state index is 12.6. The minimum atomic E-state index is -3.47. The largest absolute Gasteiger partial charge is 0.300 e. The molecule has 2 rings (SSSR count). The Labute approximate surface area is 139 Å². The summed E-state index contributed by atoms with van der Waals surface area (Å²) in [5.41, 5.74) is 1.11. The first kappa shape index (κ1) is 18.4. The van der Waals surface area contributed by atoms with Gasteiger partial charge in [-0.2, -0.15) is 4.31 Å². The summed E-state index contributed by atoms with van der Waals surface area (Å²) in [6.45, 7) is 4.38. The van der Waals surface area contributed by atoms with Crippen LogP contribution in [-0.2, 0) is 26.3 Å². The molecule has 1 heterocycles. The Morgan fingerprint density at radius 1 is 0.957 bits per heavy atom. The van der Waals surface area contributed by atoms with Gasteiger partial charge in [0, 0.05) is 39.0 Å². The minimum absolute atomic E-state index is 0.109. The fraction of sp³-hybridized carbons (Fsp3) is 0.600. The van der Waals surface area contributed by atoms with Crippen LogP contribution in [0.3, 0.4) is 0 Å². The minimum Gasteiger partial charge on any atom is -0.300 e. The fourth-order valence-electron chi connectivity index (χ4n) is 2.53. The molecule has 23 heavy (non-hydrogen) atoms. The molecule has 1 aromatic carbocycles. The zero-order chi connectivity index (χ0) is 17.1. The van der Waals surface area contributed by atoms with Crippen molar-refractivity contribution in [3.63, 3.8) is 0 Å². The zero-order valence-electron chi connectivity index (χ0n) is 13.6. The smallest absolute Gasteiger partial charge is 0.243 e. The average molecular weight is 361 g/mol. The van der Waals surface area contributed by atoms with E-state index in [0.29, 0.717) is 37.6 Å². The van der Waals surface area contributed by atoms with Crippen molar-refractivity contribution < 1.29 is 16.8 Å². The molecule has 8 heteroatoms. The second-order valence-electron chi connectivity index (χ2n) is 5.87. The standard InChI is InChI=1S/C15H24N2O4S2/c1-3-14-4-6-15(7-5-14)23(20,21)17-10-8-16(9-11-17)12-13-22(2,18)19/h4-7H,3,8-13H2,1-2H3. The van der Waals surface area contributed by atoms with E-state index in [1.165, 1.54) is 10.6 Å². The van der Waals surface area contributed by atoms with Gasteiger partial charge >= 0.3 is 0 Å². The molecule has 1 saturated heterocycles. The monoisotopic (exact) mass is 360 g/mol. The van der Waals surface area contributed by atoms with Gasteiger partial charge in [-0.25, -0.2) is 16.8 Å². The van der Waals surface area contributed by atoms with Crippen LogP contribution >= 0.6 is 0 Å². The van der Waals surface area contributed by atoms with E-state index in [-0.39, 0.29) is 5.75 Å².